The van der Waals surface area contributed by atoms with Crippen LogP contribution >= 0.6 is 0 Å². The first-order chi connectivity index (χ1) is 11.3. The number of hydrogen-bond donors (Lipinski definition) is 1. The Morgan fingerprint density at radius 2 is 2.22 bits per heavy atom. The molecule has 6 nitrogen and oxygen atoms in total. The van der Waals surface area contributed by atoms with E-state index in [1.807, 2.05) is 6.07 Å². The zero-order valence-corrected chi connectivity index (χ0v) is 12.7. The van der Waals surface area contributed by atoms with Crippen LogP contribution in [0, 0.1) is 0 Å². The summed E-state index contributed by atoms with van der Waals surface area (Å²) < 4.78 is 21.6. The van der Waals surface area contributed by atoms with Crippen molar-refractivity contribution in [3.63, 3.8) is 0 Å². The van der Waals surface area contributed by atoms with Crippen LogP contribution in [0.5, 0.6) is 17.2 Å². The van der Waals surface area contributed by atoms with E-state index >= 15 is 0 Å². The lowest BCUT2D eigenvalue weighted by Gasteiger charge is -2.20. The lowest BCUT2D eigenvalue weighted by molar-refractivity contribution is -0.116. The minimum Gasteiger partial charge on any atom is -0.493 e. The molecule has 0 aliphatic carbocycles. The molecule has 0 atom stereocenters. The van der Waals surface area contributed by atoms with Gasteiger partial charge in [0.1, 0.15) is 19.0 Å². The van der Waals surface area contributed by atoms with E-state index in [1.165, 1.54) is 6.08 Å². The molecule has 0 radical (unpaired) electrons. The van der Waals surface area contributed by atoms with Gasteiger partial charge in [-0.15, -0.1) is 0 Å². The lowest BCUT2D eigenvalue weighted by atomic mass is 10.1. The van der Waals surface area contributed by atoms with Crippen molar-refractivity contribution in [3.8, 4) is 17.2 Å². The number of hydrogen-bond acceptors (Lipinski definition) is 5. The van der Waals surface area contributed by atoms with Gasteiger partial charge in [0.05, 0.1) is 19.9 Å². The molecule has 120 valence electrons. The largest absolute Gasteiger partial charge is 0.493 e. The Kier molecular flexibility index (Phi) is 4.52. The van der Waals surface area contributed by atoms with E-state index in [0.29, 0.717) is 42.8 Å². The Hall–Kier alpha value is -2.89. The molecule has 1 N–H and O–H groups in total. The summed E-state index contributed by atoms with van der Waals surface area (Å²) in [5.41, 5.74) is 0.791. The van der Waals surface area contributed by atoms with Gasteiger partial charge in [-0.3, -0.25) is 4.79 Å². The average molecular weight is 315 g/mol. The van der Waals surface area contributed by atoms with E-state index < -0.39 is 0 Å². The smallest absolute Gasteiger partial charge is 0.244 e. The maximum Gasteiger partial charge on any atom is 0.244 e. The molecule has 1 aliphatic rings. The molecule has 23 heavy (non-hydrogen) atoms. The Labute approximate surface area is 133 Å². The van der Waals surface area contributed by atoms with Gasteiger partial charge >= 0.3 is 0 Å². The Balaban J connectivity index is 1.68. The highest BCUT2D eigenvalue weighted by Crippen LogP contribution is 2.40. The first kappa shape index (κ1) is 15.0. The summed E-state index contributed by atoms with van der Waals surface area (Å²) in [5, 5.41) is 2.74. The minimum absolute atomic E-state index is 0.213. The van der Waals surface area contributed by atoms with Crippen LogP contribution in [0.2, 0.25) is 0 Å². The van der Waals surface area contributed by atoms with Crippen LogP contribution in [0.15, 0.2) is 41.0 Å². The molecule has 1 aromatic carbocycles. The predicted molar refractivity (Wildman–Crippen MR) is 83.6 cm³/mol. The van der Waals surface area contributed by atoms with Crippen molar-refractivity contribution in [3.05, 3.63) is 47.9 Å². The molecule has 6 heteroatoms. The highest BCUT2D eigenvalue weighted by molar-refractivity contribution is 5.91. The van der Waals surface area contributed by atoms with E-state index in [9.17, 15) is 4.79 Å². The van der Waals surface area contributed by atoms with Crippen molar-refractivity contribution in [2.45, 2.75) is 6.54 Å². The summed E-state index contributed by atoms with van der Waals surface area (Å²) in [5.74, 6) is 2.28. The number of amides is 1. The molecule has 0 saturated heterocycles. The summed E-state index contributed by atoms with van der Waals surface area (Å²) in [6.07, 6.45) is 4.71. The summed E-state index contributed by atoms with van der Waals surface area (Å²) in [6, 6.07) is 7.19. The van der Waals surface area contributed by atoms with Crippen molar-refractivity contribution < 1.29 is 23.4 Å². The highest BCUT2D eigenvalue weighted by Gasteiger charge is 2.17. The lowest BCUT2D eigenvalue weighted by Crippen LogP contribution is -2.19. The molecular formula is C17H17NO5. The quantitative estimate of drug-likeness (QED) is 0.858. The third-order valence-corrected chi connectivity index (χ3v) is 3.29. The molecule has 2 aromatic rings. The molecular weight excluding hydrogens is 298 g/mol. The van der Waals surface area contributed by atoms with Gasteiger partial charge < -0.3 is 23.9 Å². The standard InChI is InChI=1S/C17H17NO5/c1-20-14-9-12(10-15-17(14)23-8-7-22-15)4-5-16(19)18-11-13-3-2-6-21-13/h2-6,9-10H,7-8,11H2,1H3,(H,18,19)/b5-4+. The van der Waals surface area contributed by atoms with Gasteiger partial charge in [-0.1, -0.05) is 0 Å². The molecule has 1 amide bonds. The number of nitrogens with one attached hydrogen (secondary N) is 1. The maximum absolute atomic E-state index is 11.8. The van der Waals surface area contributed by atoms with Gasteiger partial charge in [0.2, 0.25) is 11.7 Å². The van der Waals surface area contributed by atoms with Crippen LogP contribution in [-0.4, -0.2) is 26.2 Å². The third-order valence-electron chi connectivity index (χ3n) is 3.29. The topological polar surface area (TPSA) is 69.9 Å². The molecule has 1 aliphatic heterocycles. The van der Waals surface area contributed by atoms with Crippen molar-refractivity contribution in [2.75, 3.05) is 20.3 Å². The third kappa shape index (κ3) is 3.66. The molecule has 2 heterocycles. The van der Waals surface area contributed by atoms with E-state index in [0.717, 1.165) is 5.56 Å². The maximum atomic E-state index is 11.8. The van der Waals surface area contributed by atoms with Crippen LogP contribution < -0.4 is 19.5 Å². The number of carbonyl (C=O) groups is 1. The van der Waals surface area contributed by atoms with Crippen molar-refractivity contribution in [2.24, 2.45) is 0 Å². The average Bonchev–Trinajstić information content (AvgIpc) is 3.11. The van der Waals surface area contributed by atoms with Gasteiger partial charge in [-0.25, -0.2) is 0 Å². The van der Waals surface area contributed by atoms with Gasteiger partial charge in [0.15, 0.2) is 11.5 Å². The van der Waals surface area contributed by atoms with Crippen molar-refractivity contribution in [1.29, 1.82) is 0 Å². The highest BCUT2D eigenvalue weighted by atomic mass is 16.6. The summed E-state index contributed by atoms with van der Waals surface area (Å²) >= 11 is 0. The molecule has 0 fully saturated rings. The van der Waals surface area contributed by atoms with E-state index in [2.05, 4.69) is 5.32 Å². The Bertz CT molecular complexity index is 689. The number of methoxy groups -OCH3 is 1. The zero-order valence-electron chi connectivity index (χ0n) is 12.7. The summed E-state index contributed by atoms with van der Waals surface area (Å²) in [4.78, 5) is 11.8. The van der Waals surface area contributed by atoms with Gasteiger partial charge in [0, 0.05) is 6.08 Å². The summed E-state index contributed by atoms with van der Waals surface area (Å²) in [6.45, 7) is 1.33. The number of benzene rings is 1. The molecule has 0 bridgehead atoms. The van der Waals surface area contributed by atoms with Crippen LogP contribution in [0.25, 0.3) is 6.08 Å². The molecule has 1 aromatic heterocycles. The van der Waals surface area contributed by atoms with E-state index in [1.54, 1.807) is 37.6 Å². The number of ether oxygens (including phenoxy) is 3. The first-order valence-electron chi connectivity index (χ1n) is 7.22. The van der Waals surface area contributed by atoms with E-state index in [-0.39, 0.29) is 5.91 Å². The second-order valence-corrected chi connectivity index (χ2v) is 4.88. The Morgan fingerprint density at radius 1 is 1.35 bits per heavy atom. The second kappa shape index (κ2) is 6.91. The van der Waals surface area contributed by atoms with Crippen molar-refractivity contribution >= 4 is 12.0 Å². The van der Waals surface area contributed by atoms with Crippen LogP contribution in [-0.2, 0) is 11.3 Å². The molecule has 0 unspecified atom stereocenters. The van der Waals surface area contributed by atoms with Gasteiger partial charge in [0.25, 0.3) is 0 Å². The normalized spacial score (nSPS) is 13.1. The minimum atomic E-state index is -0.213. The Morgan fingerprint density at radius 3 is 3.00 bits per heavy atom. The fourth-order valence-corrected chi connectivity index (χ4v) is 2.21. The number of rotatable bonds is 5. The monoisotopic (exact) mass is 315 g/mol. The number of fused-ring (bicyclic) bond motifs is 1. The van der Waals surface area contributed by atoms with Crippen LogP contribution in [0.4, 0.5) is 0 Å². The SMILES string of the molecule is COc1cc(/C=C/C(=O)NCc2ccco2)cc2c1OCCO2. The zero-order chi connectivity index (χ0) is 16.1. The fourth-order valence-electron chi connectivity index (χ4n) is 2.21. The molecule has 3 rings (SSSR count). The number of carbonyl (C=O) groups excluding carboxylic acids is 1. The van der Waals surface area contributed by atoms with Crippen LogP contribution in [0.3, 0.4) is 0 Å². The number of furan rings is 1. The molecule has 0 saturated carbocycles. The molecule has 0 spiro atoms. The van der Waals surface area contributed by atoms with Crippen molar-refractivity contribution in [1.82, 2.24) is 5.32 Å². The van der Waals surface area contributed by atoms with Gasteiger partial charge in [-0.05, 0) is 35.9 Å². The fraction of sp³-hybridized carbons (Fsp3) is 0.235. The summed E-state index contributed by atoms with van der Waals surface area (Å²) in [7, 11) is 1.57. The predicted octanol–water partition coefficient (Wildman–Crippen LogP) is 2.39. The van der Waals surface area contributed by atoms with Crippen LogP contribution in [0.1, 0.15) is 11.3 Å². The van der Waals surface area contributed by atoms with Gasteiger partial charge in [-0.2, -0.15) is 0 Å². The second-order valence-electron chi connectivity index (χ2n) is 4.88. The van der Waals surface area contributed by atoms with E-state index in [4.69, 9.17) is 18.6 Å². The first-order valence-corrected chi connectivity index (χ1v) is 7.22.